The number of fused-ring (bicyclic) bond motifs is 8. The Morgan fingerprint density at radius 1 is 0.260 bits per heavy atom. The first kappa shape index (κ1) is 90.5. The number of nitrogens with zero attached hydrogens (tertiary/aromatic N) is 2. The summed E-state index contributed by atoms with van der Waals surface area (Å²) in [4.78, 5) is 33.1. The van der Waals surface area contributed by atoms with Gasteiger partial charge in [-0.15, -0.1) is 0 Å². The molecule has 3 aromatic heterocycles. The number of hydrogen-bond donors (Lipinski definition) is 23. The van der Waals surface area contributed by atoms with E-state index in [1.54, 1.807) is 24.3 Å². The Balaban J connectivity index is 0.689. The van der Waals surface area contributed by atoms with Crippen molar-refractivity contribution >= 4 is 58.0 Å². The summed E-state index contributed by atoms with van der Waals surface area (Å²) in [5, 5.41) is 232. The van der Waals surface area contributed by atoms with Crippen LogP contribution in [0.3, 0.4) is 0 Å². The quantitative estimate of drug-likeness (QED) is 0.0531. The molecule has 7 aromatic rings. The molecule has 0 saturated carbocycles. The Labute approximate surface area is 721 Å². The summed E-state index contributed by atoms with van der Waals surface area (Å²) in [5.74, 6) is -0.897. The van der Waals surface area contributed by atoms with Crippen molar-refractivity contribution in [3.05, 3.63) is 162 Å². The summed E-state index contributed by atoms with van der Waals surface area (Å²) < 4.78 is 82.9. The molecule has 23 aliphatic rings. The van der Waals surface area contributed by atoms with Gasteiger partial charge < -0.3 is 184 Å². The maximum atomic E-state index is 14.9. The van der Waals surface area contributed by atoms with Crippen LogP contribution in [0.4, 0.5) is 5.69 Å². The second kappa shape index (κ2) is 38.6. The van der Waals surface area contributed by atoms with E-state index in [2.05, 4.69) is 15.3 Å². The Morgan fingerprint density at radius 2 is 0.465 bits per heavy atom. The van der Waals surface area contributed by atoms with Crippen molar-refractivity contribution in [3.8, 4) is 44.5 Å². The molecule has 30 rings (SSSR count). The summed E-state index contributed by atoms with van der Waals surface area (Å²) in [7, 11) is 0. The third-order valence-electron chi connectivity index (χ3n) is 24.4. The molecule has 40 heteroatoms. The minimum atomic E-state index is -2.35. The third kappa shape index (κ3) is 17.7. The Hall–Kier alpha value is -8.41. The van der Waals surface area contributed by atoms with Crippen LogP contribution in [0.15, 0.2) is 140 Å². The van der Waals surface area contributed by atoms with Gasteiger partial charge in [0.1, 0.15) is 165 Å². The molecular weight excluding hydrogens is 1670 g/mol. The molecule has 0 aliphatic carbocycles. The lowest BCUT2D eigenvalue weighted by atomic mass is 9.94. The Bertz CT molecular complexity index is 5130. The molecule has 0 radical (unpaired) electrons. The van der Waals surface area contributed by atoms with Crippen LogP contribution >= 0.6 is 0 Å². The van der Waals surface area contributed by atoms with Gasteiger partial charge in [0.15, 0.2) is 44.0 Å². The van der Waals surface area contributed by atoms with E-state index in [4.69, 9.17) is 76.3 Å². The van der Waals surface area contributed by atoms with E-state index < -0.39 is 267 Å². The van der Waals surface area contributed by atoms with Crippen molar-refractivity contribution in [1.29, 1.82) is 0 Å². The topological polar surface area (TPSA) is 620 Å². The fraction of sp³-hybridized carbons (Fsp3) is 0.483. The molecule has 26 heterocycles. The Morgan fingerprint density at radius 3 is 0.685 bits per heavy atom. The van der Waals surface area contributed by atoms with E-state index in [-0.39, 0.29) is 5.69 Å². The van der Waals surface area contributed by atoms with Gasteiger partial charge in [0.2, 0.25) is 5.91 Å². The van der Waals surface area contributed by atoms with E-state index in [0.717, 1.165) is 50.1 Å². The van der Waals surface area contributed by atoms with Crippen molar-refractivity contribution in [3.63, 3.8) is 0 Å². The average molecular weight is 1770 g/mol. The number of rotatable bonds is 13. The van der Waals surface area contributed by atoms with Crippen LogP contribution in [0.2, 0.25) is 0 Å². The summed E-state index contributed by atoms with van der Waals surface area (Å²) in [6, 6.07) is 44.2. The van der Waals surface area contributed by atoms with Gasteiger partial charge in [-0.2, -0.15) is 0 Å². The monoisotopic (exact) mass is 1770 g/mol. The highest BCUT2D eigenvalue weighted by Crippen LogP contribution is 2.44. The van der Waals surface area contributed by atoms with Gasteiger partial charge in [-0.3, -0.25) is 4.79 Å². The third-order valence-corrected chi connectivity index (χ3v) is 24.4. The number of anilines is 1. The summed E-state index contributed by atoms with van der Waals surface area (Å²) in [6.45, 7) is -6.57. The largest absolute Gasteiger partial charge is 0.394 e. The number of aromatic amines is 2. The minimum absolute atomic E-state index is 0.170. The predicted octanol–water partition coefficient (Wildman–Crippen LogP) is -3.56. The number of aromatic nitrogens is 4. The zero-order chi connectivity index (χ0) is 89.1. The van der Waals surface area contributed by atoms with E-state index in [1.165, 1.54) is 0 Å². The highest BCUT2D eigenvalue weighted by molar-refractivity contribution is 6.00. The van der Waals surface area contributed by atoms with Gasteiger partial charge in [-0.05, 0) is 83.0 Å². The van der Waals surface area contributed by atoms with E-state index >= 15 is 0 Å². The van der Waals surface area contributed by atoms with Crippen molar-refractivity contribution in [2.75, 3.05) is 45.0 Å². The van der Waals surface area contributed by atoms with Gasteiger partial charge >= 0.3 is 0 Å². The standard InChI is InChI=1S/C87H99N5O35/c93-29-49-75-62(102)69(109)83(116-49)124-77-51(31-95)118-85(71(111)64(77)104)126-79-53(33-97)120-87(73(113)66(79)106)127-80-54(34-98)119-86(72(112)65(80)105)125-78-52(32-96)117-84(70(110)63(78)103)123-76-50(30-94)115-82(68(108)61(76)101)121-74-48(114-81(122-75)67(107)60(74)100)28-55(99)88-39-18-16-38(17-19-39)59-46-26-24-44(91-46)57(36-12-6-2-7-13-36)42-22-20-40(89-42)56(35-10-4-1-5-11-35)41-21-23-43(90-41)58(37-14-8-3-9-15-37)45-25-27-47(59)92-45/h1-27,48-54,60-87,89,92-98,100-113H,28-34H2,(H,88,99)/t48-,49-,50-,51-,52-,53-,54-,60-,61-,62-,63-,64-,65-,66-,67-,68-,69-,70-,71-,72-,73-,74-,75-,76-,77-,78-,79-,80-,81-,82-,83-,84-,85-,86-,87-/m1/s1. The maximum Gasteiger partial charge on any atom is 0.227 e. The van der Waals surface area contributed by atoms with Crippen molar-refractivity contribution in [1.82, 2.24) is 19.9 Å². The molecule has 1 amide bonds. The lowest BCUT2D eigenvalue weighted by molar-refractivity contribution is -0.396. The normalized spacial score (nSPS) is 38.4. The highest BCUT2D eigenvalue weighted by Gasteiger charge is 2.60. The number of amides is 1. The summed E-state index contributed by atoms with van der Waals surface area (Å²) >= 11 is 0. The van der Waals surface area contributed by atoms with Crippen LogP contribution in [-0.4, -0.2) is 383 Å². The number of benzene rings is 4. The maximum absolute atomic E-state index is 14.9. The van der Waals surface area contributed by atoms with Crippen molar-refractivity contribution < 1.29 is 173 Å². The molecule has 21 fully saturated rings. The number of nitrogens with one attached hydrogen (secondary N) is 3. The second-order valence-electron chi connectivity index (χ2n) is 32.4. The zero-order valence-corrected chi connectivity index (χ0v) is 67.2. The first-order valence-corrected chi connectivity index (χ1v) is 41.5. The molecule has 40 nitrogen and oxygen atoms in total. The number of carbonyl (C=O) groups is 1. The van der Waals surface area contributed by atoms with E-state index in [0.29, 0.717) is 39.2 Å². The van der Waals surface area contributed by atoms with Crippen LogP contribution in [0, 0.1) is 0 Å². The molecule has 23 N–H and O–H groups in total. The van der Waals surface area contributed by atoms with Crippen LogP contribution in [-0.2, 0) is 71.1 Å². The number of hydrogen-bond acceptors (Lipinski definition) is 37. The zero-order valence-electron chi connectivity index (χ0n) is 67.2. The predicted molar refractivity (Wildman–Crippen MR) is 435 cm³/mol. The van der Waals surface area contributed by atoms with Crippen LogP contribution in [0.5, 0.6) is 0 Å². The molecule has 21 saturated heterocycles. The lowest BCUT2D eigenvalue weighted by Gasteiger charge is -2.50. The highest BCUT2D eigenvalue weighted by atomic mass is 16.8. The molecule has 23 aliphatic heterocycles. The summed E-state index contributed by atoms with van der Waals surface area (Å²) in [5.41, 5.74) is 12.0. The van der Waals surface area contributed by atoms with Crippen LogP contribution < -0.4 is 5.32 Å². The van der Waals surface area contributed by atoms with Gasteiger partial charge in [0.25, 0.3) is 0 Å². The SMILES string of the molecule is O=C(C[C@H]1O[C@@H]2O[C@H]3[C@H](O)[C@@H](O)[C@@H](O[C@H]4[C@H](O)[C@@H](O)[C@@H](O[C@H]5[C@H](O)[C@@H](O)[C@@H](O[C@H]6[C@H](O)[C@@H](O)[C@@H](O[C@H]7[C@H](O)[C@@H](O)[C@@H](O[C@H]8[C@H](O)[C@@H](O)[C@@H](O[C@H]1[C@H](O)[C@H]2O)O[C@@H]8CO)O[C@@H]7CO)O[C@@H]6CO)O[C@@H]5CO)O[C@@H]4CO)O[C@@H]3CO)Nc1ccc(-c2c3nc(c(-c4ccccc4)c4ccc([nH]4)c(-c4ccccc4)c4nc(c(-c5ccccc5)c5ccc2[nH]5)C=C4)C=C3)cc1. The molecule has 22 bridgehead atoms. The van der Waals surface area contributed by atoms with Gasteiger partial charge in [-0.1, -0.05) is 103 Å². The Kier molecular flexibility index (Phi) is 27.5. The molecule has 4 aromatic carbocycles. The molecule has 0 spiro atoms. The number of ether oxygens (including phenoxy) is 14. The number of carbonyl (C=O) groups excluding carboxylic acids is 1. The molecule has 127 heavy (non-hydrogen) atoms. The average Bonchev–Trinajstić information content (AvgIpc) is 1.75. The smallest absolute Gasteiger partial charge is 0.227 e. The summed E-state index contributed by atoms with van der Waals surface area (Å²) in [6.07, 6.45) is -66.3. The number of aliphatic hydroxyl groups excluding tert-OH is 20. The van der Waals surface area contributed by atoms with Gasteiger partial charge in [0, 0.05) is 50.0 Å². The first-order valence-electron chi connectivity index (χ1n) is 41.5. The van der Waals surface area contributed by atoms with Crippen molar-refractivity contribution in [2.24, 2.45) is 0 Å². The van der Waals surface area contributed by atoms with E-state index in [1.807, 2.05) is 140 Å². The molecular formula is C87H99N5O35. The first-order chi connectivity index (χ1) is 61.4. The lowest BCUT2D eigenvalue weighted by Crippen LogP contribution is -2.68. The van der Waals surface area contributed by atoms with Gasteiger partial charge in [0.05, 0.1) is 74.9 Å². The van der Waals surface area contributed by atoms with Crippen LogP contribution in [0.25, 0.3) is 90.9 Å². The molecule has 682 valence electrons. The molecule has 0 unspecified atom stereocenters. The fourth-order valence-electron chi connectivity index (χ4n) is 17.8. The molecule has 35 atom stereocenters. The number of H-pyrrole nitrogens is 2. The fourth-order valence-corrected chi connectivity index (χ4v) is 17.8. The van der Waals surface area contributed by atoms with Crippen LogP contribution in [0.1, 0.15) is 29.2 Å². The van der Waals surface area contributed by atoms with Gasteiger partial charge in [-0.25, -0.2) is 9.97 Å². The minimum Gasteiger partial charge on any atom is -0.394 e. The number of aliphatic hydroxyl groups is 20. The second-order valence-corrected chi connectivity index (χ2v) is 32.4. The van der Waals surface area contributed by atoms with Crippen molar-refractivity contribution in [2.45, 2.75) is 221 Å². The van der Waals surface area contributed by atoms with E-state index in [9.17, 15) is 107 Å².